The van der Waals surface area contributed by atoms with Gasteiger partial charge in [0.25, 0.3) is 0 Å². The Bertz CT molecular complexity index is 2820. The lowest BCUT2D eigenvalue weighted by molar-refractivity contribution is 1.18. The number of hydrogen-bond donors (Lipinski definition) is 0. The van der Waals surface area contributed by atoms with E-state index in [0.717, 1.165) is 66.5 Å². The van der Waals surface area contributed by atoms with Crippen LogP contribution in [0.1, 0.15) is 11.1 Å². The van der Waals surface area contributed by atoms with E-state index in [1.54, 1.807) is 0 Å². The SMILES string of the molecule is N#Cc1cccc(-c2cccc(-n3c4ccccc4c4cc(-c5cccc(-n6c7ccccc7c7cc(C#N)ccc76)c5)ccc43)c2)c1. The van der Waals surface area contributed by atoms with E-state index in [0.29, 0.717) is 11.1 Å². The number of fused-ring (bicyclic) bond motifs is 6. The van der Waals surface area contributed by atoms with E-state index in [2.05, 4.69) is 149 Å². The molecule has 0 N–H and O–H groups in total. The predicted molar refractivity (Wildman–Crippen MR) is 195 cm³/mol. The number of benzene rings is 7. The zero-order valence-electron chi connectivity index (χ0n) is 25.8. The monoisotopic (exact) mass is 610 g/mol. The molecule has 2 heterocycles. The summed E-state index contributed by atoms with van der Waals surface area (Å²) in [5.41, 5.74) is 12.3. The van der Waals surface area contributed by atoms with Crippen molar-refractivity contribution in [2.75, 3.05) is 0 Å². The van der Waals surface area contributed by atoms with Crippen molar-refractivity contribution >= 4 is 43.6 Å². The van der Waals surface area contributed by atoms with Gasteiger partial charge in [0, 0.05) is 32.9 Å². The van der Waals surface area contributed by atoms with E-state index in [-0.39, 0.29) is 0 Å². The van der Waals surface area contributed by atoms with Gasteiger partial charge in [-0.2, -0.15) is 10.5 Å². The van der Waals surface area contributed by atoms with Crippen molar-refractivity contribution in [3.63, 3.8) is 0 Å². The van der Waals surface area contributed by atoms with Crippen LogP contribution < -0.4 is 0 Å². The summed E-state index contributed by atoms with van der Waals surface area (Å²) in [5, 5.41) is 23.6. The highest BCUT2D eigenvalue weighted by Crippen LogP contribution is 2.37. The lowest BCUT2D eigenvalue weighted by atomic mass is 10.0. The van der Waals surface area contributed by atoms with E-state index >= 15 is 0 Å². The Kier molecular flexibility index (Phi) is 6.22. The average Bonchev–Trinajstić information content (AvgIpc) is 3.67. The van der Waals surface area contributed by atoms with Crippen molar-refractivity contribution < 1.29 is 0 Å². The maximum Gasteiger partial charge on any atom is 0.0991 e. The average molecular weight is 611 g/mol. The second-order valence-electron chi connectivity index (χ2n) is 12.1. The highest BCUT2D eigenvalue weighted by molar-refractivity contribution is 6.11. The van der Waals surface area contributed by atoms with Gasteiger partial charge in [-0.1, -0.05) is 78.9 Å². The molecule has 4 heteroatoms. The molecule has 0 atom stereocenters. The minimum absolute atomic E-state index is 0.651. The minimum atomic E-state index is 0.651. The number of para-hydroxylation sites is 2. The van der Waals surface area contributed by atoms with Crippen LogP contribution in [0.3, 0.4) is 0 Å². The summed E-state index contributed by atoms with van der Waals surface area (Å²) in [5.74, 6) is 0. The van der Waals surface area contributed by atoms with Gasteiger partial charge in [0.15, 0.2) is 0 Å². The molecule has 0 radical (unpaired) electrons. The van der Waals surface area contributed by atoms with Crippen molar-refractivity contribution in [3.05, 3.63) is 169 Å². The zero-order chi connectivity index (χ0) is 32.2. The van der Waals surface area contributed by atoms with Crippen molar-refractivity contribution in [1.29, 1.82) is 10.5 Å². The summed E-state index contributed by atoms with van der Waals surface area (Å²) in [4.78, 5) is 0. The molecule has 0 aliphatic rings. The van der Waals surface area contributed by atoms with Crippen LogP contribution in [0.4, 0.5) is 0 Å². The highest BCUT2D eigenvalue weighted by atomic mass is 15.0. The Hall–Kier alpha value is -6.88. The molecule has 0 fully saturated rings. The summed E-state index contributed by atoms with van der Waals surface area (Å²) < 4.78 is 4.62. The largest absolute Gasteiger partial charge is 0.309 e. The molecule has 0 saturated heterocycles. The Morgan fingerprint density at radius 3 is 1.40 bits per heavy atom. The smallest absolute Gasteiger partial charge is 0.0991 e. The Balaban J connectivity index is 1.19. The Morgan fingerprint density at radius 1 is 0.333 bits per heavy atom. The summed E-state index contributed by atoms with van der Waals surface area (Å²) in [7, 11) is 0. The van der Waals surface area contributed by atoms with Gasteiger partial charge < -0.3 is 9.13 Å². The van der Waals surface area contributed by atoms with Crippen LogP contribution in [0, 0.1) is 22.7 Å². The molecule has 0 unspecified atom stereocenters. The summed E-state index contributed by atoms with van der Waals surface area (Å²) in [6.45, 7) is 0. The van der Waals surface area contributed by atoms with Crippen LogP contribution in [0.25, 0.3) is 77.2 Å². The van der Waals surface area contributed by atoms with E-state index in [1.165, 1.54) is 10.8 Å². The van der Waals surface area contributed by atoms with Crippen molar-refractivity contribution in [2.45, 2.75) is 0 Å². The number of rotatable bonds is 4. The molecule has 0 aliphatic carbocycles. The van der Waals surface area contributed by atoms with Crippen LogP contribution >= 0.6 is 0 Å². The molecule has 0 amide bonds. The van der Waals surface area contributed by atoms with Gasteiger partial charge in [0.05, 0.1) is 45.3 Å². The lowest BCUT2D eigenvalue weighted by Gasteiger charge is -2.12. The minimum Gasteiger partial charge on any atom is -0.309 e. The third-order valence-corrected chi connectivity index (χ3v) is 9.34. The van der Waals surface area contributed by atoms with Crippen LogP contribution in [0.15, 0.2) is 158 Å². The Morgan fingerprint density at radius 2 is 0.792 bits per heavy atom. The molecule has 222 valence electrons. The van der Waals surface area contributed by atoms with Crippen LogP contribution in [-0.2, 0) is 0 Å². The van der Waals surface area contributed by atoms with Gasteiger partial charge in [-0.25, -0.2) is 0 Å². The molecule has 48 heavy (non-hydrogen) atoms. The highest BCUT2D eigenvalue weighted by Gasteiger charge is 2.16. The molecule has 9 aromatic rings. The first kappa shape index (κ1) is 27.4. The van der Waals surface area contributed by atoms with Gasteiger partial charge in [-0.15, -0.1) is 0 Å². The molecule has 0 spiro atoms. The topological polar surface area (TPSA) is 57.4 Å². The number of aromatic nitrogens is 2. The second-order valence-corrected chi connectivity index (χ2v) is 12.1. The maximum atomic E-state index is 9.57. The fourth-order valence-electron chi connectivity index (χ4n) is 7.17. The molecule has 4 nitrogen and oxygen atoms in total. The molecule has 7 aromatic carbocycles. The van der Waals surface area contributed by atoms with E-state index in [9.17, 15) is 10.5 Å². The normalized spacial score (nSPS) is 11.3. The fourth-order valence-corrected chi connectivity index (χ4v) is 7.17. The number of nitrogens with zero attached hydrogens (tertiary/aromatic N) is 4. The first-order chi connectivity index (χ1) is 23.7. The van der Waals surface area contributed by atoms with Crippen molar-refractivity contribution in [2.24, 2.45) is 0 Å². The van der Waals surface area contributed by atoms with E-state index in [1.807, 2.05) is 30.3 Å². The van der Waals surface area contributed by atoms with Crippen LogP contribution in [-0.4, -0.2) is 9.13 Å². The van der Waals surface area contributed by atoms with E-state index < -0.39 is 0 Å². The first-order valence-corrected chi connectivity index (χ1v) is 15.9. The molecule has 9 rings (SSSR count). The van der Waals surface area contributed by atoms with Gasteiger partial charge in [0.2, 0.25) is 0 Å². The standard InChI is InChI=1S/C44H26N4/c45-27-29-8-5-9-31(22-29)32-10-6-12-35(24-32)48-42-17-4-2-15-38(42)40-26-34(19-21-44(40)48)33-11-7-13-36(25-33)47-41-16-3-1-14-37(41)39-23-30(28-46)18-20-43(39)47/h1-26H. The third-order valence-electron chi connectivity index (χ3n) is 9.34. The van der Waals surface area contributed by atoms with Gasteiger partial charge in [-0.3, -0.25) is 0 Å². The van der Waals surface area contributed by atoms with Crippen molar-refractivity contribution in [3.8, 4) is 45.8 Å². The predicted octanol–water partition coefficient (Wildman–Crippen LogP) is 11.0. The van der Waals surface area contributed by atoms with Crippen LogP contribution in [0.2, 0.25) is 0 Å². The zero-order valence-corrected chi connectivity index (χ0v) is 25.8. The maximum absolute atomic E-state index is 9.57. The summed E-state index contributed by atoms with van der Waals surface area (Å²) in [6.07, 6.45) is 0. The second kappa shape index (κ2) is 10.9. The summed E-state index contributed by atoms with van der Waals surface area (Å²) in [6, 6.07) is 59.2. The van der Waals surface area contributed by atoms with Gasteiger partial charge >= 0.3 is 0 Å². The molecule has 0 saturated carbocycles. The van der Waals surface area contributed by atoms with Crippen molar-refractivity contribution in [1.82, 2.24) is 9.13 Å². The third kappa shape index (κ3) is 4.29. The quantitative estimate of drug-likeness (QED) is 0.199. The van der Waals surface area contributed by atoms with Gasteiger partial charge in [-0.05, 0) is 101 Å². The molecule has 0 aliphatic heterocycles. The molecule has 0 bridgehead atoms. The molecular formula is C44H26N4. The summed E-state index contributed by atoms with van der Waals surface area (Å²) >= 11 is 0. The fraction of sp³-hybridized carbons (Fsp3) is 0. The van der Waals surface area contributed by atoms with E-state index in [4.69, 9.17) is 0 Å². The van der Waals surface area contributed by atoms with Crippen LogP contribution in [0.5, 0.6) is 0 Å². The molecular weight excluding hydrogens is 585 g/mol. The number of nitriles is 2. The molecule has 2 aromatic heterocycles. The Labute approximate surface area is 277 Å². The first-order valence-electron chi connectivity index (χ1n) is 15.9. The van der Waals surface area contributed by atoms with Gasteiger partial charge in [0.1, 0.15) is 0 Å². The lowest BCUT2D eigenvalue weighted by Crippen LogP contribution is -1.95. The number of hydrogen-bond acceptors (Lipinski definition) is 2.